The summed E-state index contributed by atoms with van der Waals surface area (Å²) in [7, 11) is 0. The summed E-state index contributed by atoms with van der Waals surface area (Å²) in [6.07, 6.45) is 0. The van der Waals surface area contributed by atoms with Crippen molar-refractivity contribution in [2.45, 2.75) is 19.6 Å². The highest BCUT2D eigenvalue weighted by molar-refractivity contribution is 7.99. The maximum atomic E-state index is 12.0. The minimum absolute atomic E-state index is 0.0605. The summed E-state index contributed by atoms with van der Waals surface area (Å²) < 4.78 is 5.59. The number of carbonyl (C=O) groups excluding carboxylic acids is 1. The van der Waals surface area contributed by atoms with Crippen LogP contribution in [0.25, 0.3) is 0 Å². The van der Waals surface area contributed by atoms with Gasteiger partial charge in [-0.05, 0) is 37.6 Å². The van der Waals surface area contributed by atoms with Crippen LogP contribution in [0.1, 0.15) is 18.1 Å². The van der Waals surface area contributed by atoms with Crippen molar-refractivity contribution < 1.29 is 9.53 Å². The van der Waals surface area contributed by atoms with E-state index in [1.807, 2.05) is 56.3 Å². The molecule has 2 aromatic rings. The average molecular weight is 350 g/mol. The number of aryl methyl sites for hydroxylation is 1. The molecule has 1 N–H and O–H groups in total. The minimum Gasteiger partial charge on any atom is -0.494 e. The highest BCUT2D eigenvalue weighted by atomic mass is 35.5. The van der Waals surface area contributed by atoms with Gasteiger partial charge in [-0.2, -0.15) is 0 Å². The van der Waals surface area contributed by atoms with E-state index >= 15 is 0 Å². The minimum atomic E-state index is -0.0605. The number of nitrogens with one attached hydrogen (secondary N) is 1. The van der Waals surface area contributed by atoms with Gasteiger partial charge >= 0.3 is 0 Å². The molecule has 0 heterocycles. The molecule has 0 aliphatic carbocycles. The van der Waals surface area contributed by atoms with Crippen molar-refractivity contribution in [3.8, 4) is 5.75 Å². The Labute approximate surface area is 146 Å². The summed E-state index contributed by atoms with van der Waals surface area (Å²) in [6.45, 7) is 4.56. The van der Waals surface area contributed by atoms with Crippen molar-refractivity contribution in [1.82, 2.24) is 0 Å². The molecule has 5 heteroatoms. The van der Waals surface area contributed by atoms with E-state index in [2.05, 4.69) is 5.32 Å². The van der Waals surface area contributed by atoms with E-state index in [4.69, 9.17) is 16.3 Å². The molecule has 2 rings (SSSR count). The number of ether oxygens (including phenoxy) is 1. The summed E-state index contributed by atoms with van der Waals surface area (Å²) in [6, 6.07) is 13.5. The lowest BCUT2D eigenvalue weighted by molar-refractivity contribution is -0.113. The second kappa shape index (κ2) is 8.85. The number of halogens is 1. The molecule has 0 radical (unpaired) electrons. The van der Waals surface area contributed by atoms with Gasteiger partial charge in [-0.1, -0.05) is 35.9 Å². The lowest BCUT2D eigenvalue weighted by Crippen LogP contribution is -2.14. The van der Waals surface area contributed by atoms with Gasteiger partial charge in [0.05, 0.1) is 23.1 Å². The molecule has 122 valence electrons. The van der Waals surface area contributed by atoms with E-state index in [-0.39, 0.29) is 5.91 Å². The quantitative estimate of drug-likeness (QED) is 0.771. The molecular formula is C18H20ClNO2S. The van der Waals surface area contributed by atoms with Crippen LogP contribution < -0.4 is 10.1 Å². The first-order valence-corrected chi connectivity index (χ1v) is 8.98. The van der Waals surface area contributed by atoms with E-state index in [1.54, 1.807) is 11.8 Å². The summed E-state index contributed by atoms with van der Waals surface area (Å²) in [4.78, 5) is 12.0. The Kier molecular flexibility index (Phi) is 6.81. The van der Waals surface area contributed by atoms with Gasteiger partial charge in [0.1, 0.15) is 5.75 Å². The Morgan fingerprint density at radius 1 is 1.26 bits per heavy atom. The molecule has 0 aliphatic heterocycles. The monoisotopic (exact) mass is 349 g/mol. The normalized spacial score (nSPS) is 10.4. The number of benzene rings is 2. The van der Waals surface area contributed by atoms with Crippen LogP contribution in [-0.2, 0) is 10.5 Å². The Bertz CT molecular complexity index is 676. The van der Waals surface area contributed by atoms with Gasteiger partial charge in [-0.15, -0.1) is 11.8 Å². The Morgan fingerprint density at radius 3 is 2.78 bits per heavy atom. The maximum Gasteiger partial charge on any atom is 0.234 e. The van der Waals surface area contributed by atoms with Crippen LogP contribution in [0.15, 0.2) is 42.5 Å². The van der Waals surface area contributed by atoms with E-state index in [1.165, 1.54) is 0 Å². The molecule has 0 aliphatic rings. The molecule has 0 saturated carbocycles. The Morgan fingerprint density at radius 2 is 2.04 bits per heavy atom. The van der Waals surface area contributed by atoms with Crippen LogP contribution in [0.4, 0.5) is 5.69 Å². The summed E-state index contributed by atoms with van der Waals surface area (Å²) >= 11 is 7.67. The molecule has 0 saturated heterocycles. The van der Waals surface area contributed by atoms with E-state index in [0.29, 0.717) is 23.1 Å². The first-order valence-electron chi connectivity index (χ1n) is 7.44. The summed E-state index contributed by atoms with van der Waals surface area (Å²) in [5.74, 6) is 1.91. The third-order valence-corrected chi connectivity index (χ3v) is 4.46. The number of amides is 1. The standard InChI is InChI=1S/C18H20ClNO2S/c1-3-22-17-7-5-4-6-14(17)11-23-12-18(21)20-16-9-8-13(2)10-15(16)19/h4-10H,3,11-12H2,1-2H3,(H,20,21). The van der Waals surface area contributed by atoms with Crippen molar-refractivity contribution >= 4 is 35.0 Å². The third-order valence-electron chi connectivity index (χ3n) is 3.16. The number of anilines is 1. The van der Waals surface area contributed by atoms with Gasteiger partial charge in [0.25, 0.3) is 0 Å². The molecule has 0 aromatic heterocycles. The molecule has 2 aromatic carbocycles. The van der Waals surface area contributed by atoms with Crippen molar-refractivity contribution in [2.24, 2.45) is 0 Å². The van der Waals surface area contributed by atoms with Crippen LogP contribution in [0.2, 0.25) is 5.02 Å². The molecule has 0 atom stereocenters. The average Bonchev–Trinajstić information content (AvgIpc) is 2.52. The molecule has 0 unspecified atom stereocenters. The second-order valence-corrected chi connectivity index (χ2v) is 6.46. The van der Waals surface area contributed by atoms with Crippen molar-refractivity contribution in [1.29, 1.82) is 0 Å². The van der Waals surface area contributed by atoms with Crippen LogP contribution in [-0.4, -0.2) is 18.3 Å². The molecule has 3 nitrogen and oxygen atoms in total. The predicted molar refractivity (Wildman–Crippen MR) is 98.6 cm³/mol. The van der Waals surface area contributed by atoms with Crippen molar-refractivity contribution in [2.75, 3.05) is 17.7 Å². The Balaban J connectivity index is 1.85. The van der Waals surface area contributed by atoms with Gasteiger partial charge in [0, 0.05) is 11.3 Å². The summed E-state index contributed by atoms with van der Waals surface area (Å²) in [5.41, 5.74) is 2.81. The molecule has 0 spiro atoms. The van der Waals surface area contributed by atoms with E-state index in [0.717, 1.165) is 22.6 Å². The van der Waals surface area contributed by atoms with Gasteiger partial charge in [0.2, 0.25) is 5.91 Å². The third kappa shape index (κ3) is 5.48. The van der Waals surface area contributed by atoms with E-state index in [9.17, 15) is 4.79 Å². The summed E-state index contributed by atoms with van der Waals surface area (Å²) in [5, 5.41) is 3.40. The maximum absolute atomic E-state index is 12.0. The van der Waals surface area contributed by atoms with Crippen molar-refractivity contribution in [3.63, 3.8) is 0 Å². The molecule has 1 amide bonds. The van der Waals surface area contributed by atoms with Crippen LogP contribution in [0.3, 0.4) is 0 Å². The number of carbonyl (C=O) groups is 1. The number of hydrogen-bond donors (Lipinski definition) is 1. The lowest BCUT2D eigenvalue weighted by Gasteiger charge is -2.10. The molecule has 23 heavy (non-hydrogen) atoms. The fraction of sp³-hybridized carbons (Fsp3) is 0.278. The van der Waals surface area contributed by atoms with E-state index < -0.39 is 0 Å². The zero-order chi connectivity index (χ0) is 16.7. The van der Waals surface area contributed by atoms with Gasteiger partial charge in [-0.25, -0.2) is 0 Å². The highest BCUT2D eigenvalue weighted by Crippen LogP contribution is 2.25. The lowest BCUT2D eigenvalue weighted by atomic mass is 10.2. The SMILES string of the molecule is CCOc1ccccc1CSCC(=O)Nc1ccc(C)cc1Cl. The Hall–Kier alpha value is -1.65. The second-order valence-electron chi connectivity index (χ2n) is 5.07. The predicted octanol–water partition coefficient (Wildman–Crippen LogP) is 4.92. The molecule has 0 fully saturated rings. The number of thioether (sulfide) groups is 1. The zero-order valence-electron chi connectivity index (χ0n) is 13.3. The first-order chi connectivity index (χ1) is 11.1. The fourth-order valence-corrected chi connectivity index (χ4v) is 3.18. The van der Waals surface area contributed by atoms with Crippen molar-refractivity contribution in [3.05, 3.63) is 58.6 Å². The topological polar surface area (TPSA) is 38.3 Å². The number of para-hydroxylation sites is 1. The smallest absolute Gasteiger partial charge is 0.234 e. The first kappa shape index (κ1) is 17.7. The number of hydrogen-bond acceptors (Lipinski definition) is 3. The van der Waals surface area contributed by atoms with Crippen LogP contribution >= 0.6 is 23.4 Å². The fourth-order valence-electron chi connectivity index (χ4n) is 2.08. The molecule has 0 bridgehead atoms. The molecular weight excluding hydrogens is 330 g/mol. The van der Waals surface area contributed by atoms with Gasteiger partial charge in [-0.3, -0.25) is 4.79 Å². The highest BCUT2D eigenvalue weighted by Gasteiger charge is 2.08. The number of rotatable bonds is 7. The van der Waals surface area contributed by atoms with Gasteiger partial charge in [0.15, 0.2) is 0 Å². The van der Waals surface area contributed by atoms with Crippen LogP contribution in [0.5, 0.6) is 5.75 Å². The zero-order valence-corrected chi connectivity index (χ0v) is 14.8. The van der Waals surface area contributed by atoms with Crippen LogP contribution in [0, 0.1) is 6.92 Å². The van der Waals surface area contributed by atoms with Gasteiger partial charge < -0.3 is 10.1 Å². The largest absolute Gasteiger partial charge is 0.494 e.